The lowest BCUT2D eigenvalue weighted by atomic mass is 10.1. The molecular formula is C22H37N5O2S. The molecule has 30 heavy (non-hydrogen) atoms. The van der Waals surface area contributed by atoms with Crippen molar-refractivity contribution in [2.75, 3.05) is 32.4 Å². The Balaban J connectivity index is 1.94. The summed E-state index contributed by atoms with van der Waals surface area (Å²) in [6.07, 6.45) is 9.85. The summed E-state index contributed by atoms with van der Waals surface area (Å²) in [5.41, 5.74) is 8.61. The average molecular weight is 436 g/mol. The van der Waals surface area contributed by atoms with E-state index in [1.165, 1.54) is 0 Å². The van der Waals surface area contributed by atoms with Gasteiger partial charge in [0, 0.05) is 42.3 Å². The summed E-state index contributed by atoms with van der Waals surface area (Å²) in [7, 11) is 0. The number of aliphatic imine (C=N–C) groups is 2. The van der Waals surface area contributed by atoms with Gasteiger partial charge in [0.1, 0.15) is 24.4 Å². The molecule has 1 aliphatic carbocycles. The Morgan fingerprint density at radius 2 is 1.93 bits per heavy atom. The lowest BCUT2D eigenvalue weighted by Gasteiger charge is -2.35. The lowest BCUT2D eigenvalue weighted by Crippen LogP contribution is -2.50. The molecular weight excluding hydrogens is 398 g/mol. The van der Waals surface area contributed by atoms with Crippen LogP contribution in [0.15, 0.2) is 45.7 Å². The van der Waals surface area contributed by atoms with Crippen molar-refractivity contribution in [3.63, 3.8) is 0 Å². The highest BCUT2D eigenvalue weighted by Gasteiger charge is 2.39. The van der Waals surface area contributed by atoms with E-state index in [2.05, 4.69) is 35.3 Å². The third-order valence-electron chi connectivity index (χ3n) is 5.52. The molecule has 2 aliphatic rings. The van der Waals surface area contributed by atoms with Gasteiger partial charge in [-0.15, -0.1) is 4.31 Å². The molecule has 0 amide bonds. The molecule has 0 spiro atoms. The average Bonchev–Trinajstić information content (AvgIpc) is 3.42. The van der Waals surface area contributed by atoms with Crippen LogP contribution in [-0.4, -0.2) is 70.0 Å². The van der Waals surface area contributed by atoms with Gasteiger partial charge in [0.2, 0.25) is 0 Å². The van der Waals surface area contributed by atoms with Crippen molar-refractivity contribution in [2.24, 2.45) is 15.7 Å². The number of hydrogen-bond acceptors (Lipinski definition) is 6. The molecule has 0 bridgehead atoms. The van der Waals surface area contributed by atoms with Crippen LogP contribution < -0.4 is 5.73 Å². The van der Waals surface area contributed by atoms with Gasteiger partial charge < -0.3 is 15.0 Å². The largest absolute Gasteiger partial charge is 0.598 e. The molecule has 8 heteroatoms. The second kappa shape index (κ2) is 11.1. The van der Waals surface area contributed by atoms with Gasteiger partial charge in [-0.05, 0) is 58.3 Å². The minimum atomic E-state index is -0.903. The van der Waals surface area contributed by atoms with Gasteiger partial charge in [-0.2, -0.15) is 0 Å². The third kappa shape index (κ3) is 7.91. The maximum Gasteiger partial charge on any atom is 0.115 e. The summed E-state index contributed by atoms with van der Waals surface area (Å²) in [4.78, 5) is 11.3. The Morgan fingerprint density at radius 3 is 2.43 bits per heavy atom. The van der Waals surface area contributed by atoms with Crippen LogP contribution in [0.5, 0.6) is 0 Å². The first-order valence-corrected chi connectivity index (χ1v) is 12.0. The van der Waals surface area contributed by atoms with Crippen LogP contribution in [0.4, 0.5) is 0 Å². The summed E-state index contributed by atoms with van der Waals surface area (Å²) in [5, 5.41) is 0. The fourth-order valence-electron chi connectivity index (χ4n) is 3.24. The number of nitrogens with zero attached hydrogens (tertiary/aromatic N) is 4. The van der Waals surface area contributed by atoms with E-state index in [0.717, 1.165) is 61.8 Å². The molecule has 0 aromatic rings. The SMILES string of the molecule is C=C/C(CC(/C=C(\C)OC1(C)CC1)=C(/C)N)=N\C=N/C(C)N1CCN([S+](C)[O-])CC1. The molecule has 0 aromatic heterocycles. The zero-order chi connectivity index (χ0) is 22.3. The first-order valence-electron chi connectivity index (χ1n) is 10.5. The highest BCUT2D eigenvalue weighted by molar-refractivity contribution is 7.88. The van der Waals surface area contributed by atoms with Crippen LogP contribution in [0.3, 0.4) is 0 Å². The molecule has 0 aromatic carbocycles. The molecule has 7 nitrogen and oxygen atoms in total. The second-order valence-corrected chi connectivity index (χ2v) is 9.67. The maximum absolute atomic E-state index is 11.6. The Kier molecular flexibility index (Phi) is 9.15. The molecule has 2 rings (SSSR count). The van der Waals surface area contributed by atoms with Gasteiger partial charge >= 0.3 is 0 Å². The van der Waals surface area contributed by atoms with E-state index >= 15 is 0 Å². The minimum absolute atomic E-state index is 0.00992. The molecule has 1 saturated carbocycles. The Labute approximate surface area is 184 Å². The molecule has 2 N–H and O–H groups in total. The van der Waals surface area contributed by atoms with Crippen LogP contribution in [-0.2, 0) is 16.1 Å². The maximum atomic E-state index is 11.6. The highest BCUT2D eigenvalue weighted by Crippen LogP contribution is 2.40. The number of ether oxygens (including phenoxy) is 1. The van der Waals surface area contributed by atoms with Crippen molar-refractivity contribution in [1.29, 1.82) is 0 Å². The number of hydrogen-bond donors (Lipinski definition) is 1. The molecule has 2 unspecified atom stereocenters. The fraction of sp³-hybridized carbons (Fsp3) is 0.636. The van der Waals surface area contributed by atoms with Crippen molar-refractivity contribution in [3.05, 3.63) is 35.8 Å². The van der Waals surface area contributed by atoms with E-state index in [1.807, 2.05) is 24.2 Å². The van der Waals surface area contributed by atoms with Crippen molar-refractivity contribution >= 4 is 23.4 Å². The van der Waals surface area contributed by atoms with E-state index in [0.29, 0.717) is 6.42 Å². The van der Waals surface area contributed by atoms with Crippen LogP contribution in [0.2, 0.25) is 0 Å². The van der Waals surface area contributed by atoms with Crippen LogP contribution in [0.25, 0.3) is 0 Å². The van der Waals surface area contributed by atoms with Crippen molar-refractivity contribution < 1.29 is 9.29 Å². The first-order chi connectivity index (χ1) is 14.1. The summed E-state index contributed by atoms with van der Waals surface area (Å²) >= 11 is -0.903. The molecule has 1 saturated heterocycles. The number of nitrogens with two attached hydrogens (primary N) is 1. The highest BCUT2D eigenvalue weighted by atomic mass is 32.2. The zero-order valence-electron chi connectivity index (χ0n) is 19.1. The molecule has 1 aliphatic heterocycles. The fourth-order valence-corrected chi connectivity index (χ4v) is 3.92. The number of piperazine rings is 1. The van der Waals surface area contributed by atoms with E-state index < -0.39 is 11.4 Å². The van der Waals surface area contributed by atoms with E-state index in [4.69, 9.17) is 10.5 Å². The quantitative estimate of drug-likeness (QED) is 0.187. The zero-order valence-corrected chi connectivity index (χ0v) is 19.9. The van der Waals surface area contributed by atoms with Gasteiger partial charge in [0.05, 0.1) is 18.8 Å². The minimum Gasteiger partial charge on any atom is -0.598 e. The van der Waals surface area contributed by atoms with Gasteiger partial charge in [0.25, 0.3) is 0 Å². The smallest absolute Gasteiger partial charge is 0.115 e. The van der Waals surface area contributed by atoms with Gasteiger partial charge in [-0.25, -0.2) is 4.99 Å². The normalized spacial score (nSPS) is 23.8. The summed E-state index contributed by atoms with van der Waals surface area (Å²) < 4.78 is 19.5. The van der Waals surface area contributed by atoms with E-state index in [1.54, 1.807) is 18.7 Å². The van der Waals surface area contributed by atoms with Crippen LogP contribution >= 0.6 is 0 Å². The molecule has 168 valence electrons. The van der Waals surface area contributed by atoms with Gasteiger partial charge in [-0.3, -0.25) is 9.89 Å². The van der Waals surface area contributed by atoms with E-state index in [9.17, 15) is 4.55 Å². The lowest BCUT2D eigenvalue weighted by molar-refractivity contribution is 0.112. The number of rotatable bonds is 10. The Morgan fingerprint density at radius 1 is 1.30 bits per heavy atom. The predicted octanol–water partition coefficient (Wildman–Crippen LogP) is 2.99. The van der Waals surface area contributed by atoms with Gasteiger partial charge in [0.15, 0.2) is 0 Å². The standard InChI is InChI=1S/C22H37N5O2S/c1-7-21(15-20(18(3)23)14-17(2)29-22(5)8-9-22)25-16-24-19(4)26-10-12-27(13-11-26)30(6)28/h7,14,16,19H,1,8-13,15,23H2,2-6H3/b17-14+,20-18-,24-16-,25-21+. The van der Waals surface area contributed by atoms with Gasteiger partial charge in [-0.1, -0.05) is 6.58 Å². The summed E-state index contributed by atoms with van der Waals surface area (Å²) in [5.74, 6) is 0.868. The summed E-state index contributed by atoms with van der Waals surface area (Å²) in [6, 6.07) is 0. The topological polar surface area (TPSA) is 89.5 Å². The second-order valence-electron chi connectivity index (χ2n) is 8.30. The monoisotopic (exact) mass is 435 g/mol. The van der Waals surface area contributed by atoms with Crippen LogP contribution in [0, 0.1) is 0 Å². The van der Waals surface area contributed by atoms with Crippen molar-refractivity contribution in [1.82, 2.24) is 9.21 Å². The molecule has 1 heterocycles. The molecule has 2 atom stereocenters. The van der Waals surface area contributed by atoms with Crippen LogP contribution in [0.1, 0.15) is 47.0 Å². The Hall–Kier alpha value is -1.61. The molecule has 2 fully saturated rings. The molecule has 0 radical (unpaired) electrons. The summed E-state index contributed by atoms with van der Waals surface area (Å²) in [6.45, 7) is 15.2. The van der Waals surface area contributed by atoms with Crippen molar-refractivity contribution in [2.45, 2.75) is 58.7 Å². The van der Waals surface area contributed by atoms with Crippen molar-refractivity contribution in [3.8, 4) is 0 Å². The van der Waals surface area contributed by atoms with E-state index in [-0.39, 0.29) is 11.8 Å². The number of allylic oxidation sites excluding steroid dienone is 5. The Bertz CT molecular complexity index is 713. The predicted molar refractivity (Wildman–Crippen MR) is 127 cm³/mol. The third-order valence-corrected chi connectivity index (χ3v) is 6.62. The first kappa shape index (κ1) is 24.7.